The number of carbonyl (C=O) groups is 2. The van der Waals surface area contributed by atoms with E-state index in [1.54, 1.807) is 14.0 Å². The summed E-state index contributed by atoms with van der Waals surface area (Å²) in [4.78, 5) is 24.4. The largest absolute Gasteiger partial charge is 0.495 e. The van der Waals surface area contributed by atoms with Crippen LogP contribution in [0.2, 0.25) is 19.6 Å². The first-order valence-corrected chi connectivity index (χ1v) is 12.9. The molecule has 1 aromatic carbocycles. The van der Waals surface area contributed by atoms with Gasteiger partial charge in [0.2, 0.25) is 0 Å². The molecule has 4 nitrogen and oxygen atoms in total. The molecule has 0 saturated heterocycles. The Balaban J connectivity index is 2.28. The minimum Gasteiger partial charge on any atom is -0.495 e. The van der Waals surface area contributed by atoms with Crippen LogP contribution >= 0.6 is 11.3 Å². The Kier molecular flexibility index (Phi) is 6.62. The predicted molar refractivity (Wildman–Crippen MR) is 109 cm³/mol. The van der Waals surface area contributed by atoms with Gasteiger partial charge in [0.05, 0.1) is 30.6 Å². The van der Waals surface area contributed by atoms with Crippen molar-refractivity contribution in [2.45, 2.75) is 39.4 Å². The molecule has 0 atom stereocenters. The fraction of sp³-hybridized carbons (Fsp3) is 0.400. The fourth-order valence-electron chi connectivity index (χ4n) is 2.30. The molecule has 2 rings (SSSR count). The van der Waals surface area contributed by atoms with Gasteiger partial charge in [-0.3, -0.25) is 9.59 Å². The number of Topliss-reactive ketones (excluding diaryl/α,β-unsaturated/α-hetero) is 1. The molecule has 0 fully saturated rings. The first kappa shape index (κ1) is 20.2. The molecule has 0 N–H and O–H groups in total. The Morgan fingerprint density at radius 3 is 2.50 bits per heavy atom. The molecule has 0 aliphatic carbocycles. The lowest BCUT2D eigenvalue weighted by Crippen LogP contribution is -2.16. The summed E-state index contributed by atoms with van der Waals surface area (Å²) in [6.45, 7) is 8.65. The number of carbonyl (C=O) groups excluding carboxylic acids is 2. The molecular weight excluding hydrogens is 364 g/mol. The van der Waals surface area contributed by atoms with E-state index >= 15 is 0 Å². The summed E-state index contributed by atoms with van der Waals surface area (Å²) in [5, 5.41) is 0.968. The van der Waals surface area contributed by atoms with Crippen LogP contribution in [0.5, 0.6) is 5.75 Å². The number of methoxy groups -OCH3 is 1. The number of hydrogen-bond donors (Lipinski definition) is 0. The lowest BCUT2D eigenvalue weighted by atomic mass is 10.1. The average molecular weight is 389 g/mol. The minimum absolute atomic E-state index is 0.0482. The van der Waals surface area contributed by atoms with Gasteiger partial charge in [0.25, 0.3) is 0 Å². The Morgan fingerprint density at radius 1 is 1.15 bits per heavy atom. The highest BCUT2D eigenvalue weighted by Gasteiger charge is 2.15. The van der Waals surface area contributed by atoms with E-state index in [2.05, 4.69) is 31.1 Å². The SMILES string of the molecule is CCOC(=O)CCC(=O)c1cc2cc(C#C[Si](C)(C)C)c(OC)cc2s1. The van der Waals surface area contributed by atoms with Gasteiger partial charge in [-0.25, -0.2) is 0 Å². The lowest BCUT2D eigenvalue weighted by Gasteiger charge is -2.06. The molecule has 1 aromatic heterocycles. The van der Waals surface area contributed by atoms with Crippen LogP contribution in [0.1, 0.15) is 35.0 Å². The summed E-state index contributed by atoms with van der Waals surface area (Å²) in [6, 6.07) is 5.77. The number of rotatable bonds is 6. The summed E-state index contributed by atoms with van der Waals surface area (Å²) in [5.41, 5.74) is 4.18. The summed E-state index contributed by atoms with van der Waals surface area (Å²) in [6.07, 6.45) is 0.266. The Labute approximate surface area is 159 Å². The first-order valence-electron chi connectivity index (χ1n) is 8.57. The van der Waals surface area contributed by atoms with Crippen molar-refractivity contribution in [3.8, 4) is 17.2 Å². The van der Waals surface area contributed by atoms with Gasteiger partial charge in [-0.1, -0.05) is 25.6 Å². The van der Waals surface area contributed by atoms with E-state index in [-0.39, 0.29) is 24.6 Å². The van der Waals surface area contributed by atoms with E-state index in [9.17, 15) is 9.59 Å². The Morgan fingerprint density at radius 2 is 1.88 bits per heavy atom. The quantitative estimate of drug-likeness (QED) is 0.312. The van der Waals surface area contributed by atoms with Gasteiger partial charge in [-0.05, 0) is 30.5 Å². The van der Waals surface area contributed by atoms with Crippen LogP contribution in [0, 0.1) is 11.5 Å². The summed E-state index contributed by atoms with van der Waals surface area (Å²) in [5.74, 6) is 3.56. The monoisotopic (exact) mass is 388 g/mol. The fourth-order valence-corrected chi connectivity index (χ4v) is 3.85. The van der Waals surface area contributed by atoms with Crippen LogP contribution in [0.3, 0.4) is 0 Å². The summed E-state index contributed by atoms with van der Waals surface area (Å²) < 4.78 is 11.3. The van der Waals surface area contributed by atoms with Gasteiger partial charge in [-0.15, -0.1) is 16.9 Å². The van der Waals surface area contributed by atoms with Crippen molar-refractivity contribution in [2.24, 2.45) is 0 Å². The van der Waals surface area contributed by atoms with Crippen LogP contribution in [0.25, 0.3) is 10.1 Å². The van der Waals surface area contributed by atoms with E-state index < -0.39 is 8.07 Å². The maximum atomic E-state index is 12.4. The number of thiophene rings is 1. The van der Waals surface area contributed by atoms with Crippen LogP contribution < -0.4 is 4.74 Å². The van der Waals surface area contributed by atoms with Gasteiger partial charge in [0.1, 0.15) is 13.8 Å². The smallest absolute Gasteiger partial charge is 0.306 e. The number of ether oxygens (including phenoxy) is 2. The third-order valence-electron chi connectivity index (χ3n) is 3.55. The molecule has 0 spiro atoms. The topological polar surface area (TPSA) is 52.6 Å². The normalized spacial score (nSPS) is 11.0. The van der Waals surface area contributed by atoms with E-state index in [0.29, 0.717) is 11.5 Å². The second kappa shape index (κ2) is 8.52. The van der Waals surface area contributed by atoms with E-state index in [4.69, 9.17) is 9.47 Å². The van der Waals surface area contributed by atoms with E-state index in [1.165, 1.54) is 11.3 Å². The number of benzene rings is 1. The first-order chi connectivity index (χ1) is 12.2. The maximum Gasteiger partial charge on any atom is 0.306 e. The molecule has 1 heterocycles. The number of fused-ring (bicyclic) bond motifs is 1. The lowest BCUT2D eigenvalue weighted by molar-refractivity contribution is -0.143. The van der Waals surface area contributed by atoms with Gasteiger partial charge >= 0.3 is 5.97 Å². The Bertz CT molecular complexity index is 881. The molecule has 6 heteroatoms. The highest BCUT2D eigenvalue weighted by Crippen LogP contribution is 2.32. The van der Waals surface area contributed by atoms with Gasteiger partial charge in [0, 0.05) is 11.1 Å². The molecule has 0 aliphatic heterocycles. The zero-order valence-corrected chi connectivity index (χ0v) is 17.7. The van der Waals surface area contributed by atoms with Crippen molar-refractivity contribution in [3.63, 3.8) is 0 Å². The Hall–Kier alpha value is -2.10. The molecule has 138 valence electrons. The second-order valence-electron chi connectivity index (χ2n) is 6.93. The van der Waals surface area contributed by atoms with Crippen molar-refractivity contribution in [1.29, 1.82) is 0 Å². The summed E-state index contributed by atoms with van der Waals surface area (Å²) in [7, 11) is 0.129. The van der Waals surface area contributed by atoms with Crippen molar-refractivity contribution in [2.75, 3.05) is 13.7 Å². The van der Waals surface area contributed by atoms with Gasteiger partial charge < -0.3 is 9.47 Å². The van der Waals surface area contributed by atoms with Crippen LogP contribution in [0.4, 0.5) is 0 Å². The van der Waals surface area contributed by atoms with Crippen molar-refractivity contribution >= 4 is 41.2 Å². The number of hydrogen-bond acceptors (Lipinski definition) is 5. The predicted octanol–water partition coefficient (Wildman–Crippen LogP) is 4.66. The molecule has 26 heavy (non-hydrogen) atoms. The van der Waals surface area contributed by atoms with E-state index in [1.807, 2.05) is 18.2 Å². The second-order valence-corrected chi connectivity index (χ2v) is 12.8. The molecular formula is C20H24O4SSi. The molecule has 2 aromatic rings. The highest BCUT2D eigenvalue weighted by molar-refractivity contribution is 7.20. The average Bonchev–Trinajstić information content (AvgIpc) is 2.99. The van der Waals surface area contributed by atoms with Crippen molar-refractivity contribution < 1.29 is 19.1 Å². The van der Waals surface area contributed by atoms with Crippen LogP contribution in [-0.2, 0) is 9.53 Å². The molecule has 0 radical (unpaired) electrons. The maximum absolute atomic E-state index is 12.4. The third kappa shape index (κ3) is 5.45. The van der Waals surface area contributed by atoms with Gasteiger partial charge in [0.15, 0.2) is 5.78 Å². The van der Waals surface area contributed by atoms with Crippen LogP contribution in [0.15, 0.2) is 18.2 Å². The number of ketones is 1. The van der Waals surface area contributed by atoms with Crippen LogP contribution in [-0.4, -0.2) is 33.5 Å². The number of esters is 1. The minimum atomic E-state index is -1.50. The molecule has 0 bridgehead atoms. The zero-order chi connectivity index (χ0) is 19.3. The molecule has 0 saturated carbocycles. The zero-order valence-electron chi connectivity index (χ0n) is 15.9. The van der Waals surface area contributed by atoms with Gasteiger partial charge in [-0.2, -0.15) is 0 Å². The molecule has 0 aliphatic rings. The third-order valence-corrected chi connectivity index (χ3v) is 5.56. The summed E-state index contributed by atoms with van der Waals surface area (Å²) >= 11 is 1.41. The van der Waals surface area contributed by atoms with Crippen molar-refractivity contribution in [1.82, 2.24) is 0 Å². The van der Waals surface area contributed by atoms with Crippen molar-refractivity contribution in [3.05, 3.63) is 28.6 Å². The standard InChI is InChI=1S/C20H24O4SSi/c1-6-24-20(22)8-7-16(21)19-12-15-11-14(9-10-26(3,4)5)17(23-2)13-18(15)25-19/h11-13H,6-8H2,1-5H3. The molecule has 0 unspecified atom stereocenters. The molecule has 0 amide bonds. The highest BCUT2D eigenvalue weighted by atomic mass is 32.1. The van der Waals surface area contributed by atoms with E-state index in [0.717, 1.165) is 21.4 Å².